The van der Waals surface area contributed by atoms with Crippen LogP contribution in [0.2, 0.25) is 0 Å². The zero-order valence-corrected chi connectivity index (χ0v) is 23.4. The van der Waals surface area contributed by atoms with Gasteiger partial charge in [0.1, 0.15) is 5.82 Å². The maximum Gasteiger partial charge on any atom is 0.254 e. The first kappa shape index (κ1) is 26.0. The van der Waals surface area contributed by atoms with Crippen molar-refractivity contribution in [2.45, 2.75) is 37.8 Å². The number of likely N-dealkylation sites (tertiary alicyclic amines) is 1. The zero-order valence-electron chi connectivity index (χ0n) is 23.4. The maximum absolute atomic E-state index is 14.9. The Morgan fingerprint density at radius 1 is 1.00 bits per heavy atom. The number of piperazine rings is 1. The molecule has 39 heavy (non-hydrogen) atoms. The van der Waals surface area contributed by atoms with Crippen LogP contribution in [0.4, 0.5) is 4.39 Å². The van der Waals surface area contributed by atoms with Crippen LogP contribution in [-0.2, 0) is 18.3 Å². The molecule has 7 nitrogen and oxygen atoms in total. The van der Waals surface area contributed by atoms with Gasteiger partial charge < -0.3 is 19.3 Å². The van der Waals surface area contributed by atoms with Crippen molar-refractivity contribution >= 4 is 22.7 Å². The van der Waals surface area contributed by atoms with Crippen molar-refractivity contribution in [3.05, 3.63) is 70.7 Å². The van der Waals surface area contributed by atoms with E-state index >= 15 is 0 Å². The van der Waals surface area contributed by atoms with E-state index in [4.69, 9.17) is 0 Å². The molecule has 3 atom stereocenters. The number of aryl methyl sites for hydroxylation is 2. The molecular formula is C31H38FN5O2. The summed E-state index contributed by atoms with van der Waals surface area (Å²) < 4.78 is 17.0. The summed E-state index contributed by atoms with van der Waals surface area (Å²) in [6.45, 7) is 5.63. The lowest BCUT2D eigenvalue weighted by Gasteiger charge is -2.34. The Bertz CT molecular complexity index is 1420. The summed E-state index contributed by atoms with van der Waals surface area (Å²) in [6.07, 6.45) is 4.11. The van der Waals surface area contributed by atoms with Gasteiger partial charge in [0, 0.05) is 99.5 Å². The van der Waals surface area contributed by atoms with Gasteiger partial charge in [0.2, 0.25) is 5.91 Å². The monoisotopic (exact) mass is 531 g/mol. The van der Waals surface area contributed by atoms with Crippen molar-refractivity contribution in [2.24, 2.45) is 7.05 Å². The highest BCUT2D eigenvalue weighted by Crippen LogP contribution is 2.43. The fraction of sp³-hybridized carbons (Fsp3) is 0.484. The number of carbonyl (C=O) groups is 2. The van der Waals surface area contributed by atoms with Gasteiger partial charge in [-0.3, -0.25) is 14.5 Å². The fourth-order valence-electron chi connectivity index (χ4n) is 7.13. The van der Waals surface area contributed by atoms with Crippen molar-refractivity contribution in [1.82, 2.24) is 24.2 Å². The van der Waals surface area contributed by atoms with Gasteiger partial charge in [-0.05, 0) is 56.3 Å². The molecule has 2 fully saturated rings. The molecule has 0 radical (unpaired) electrons. The SMILES string of the molecule is CC(=O)N1CCN(C(=O)c2ccc3c([C@H]4CN(C5CCc6cccc(F)c65)C[C@@H]4N(C)C)cn(C)c3c2)CC1. The van der Waals surface area contributed by atoms with Gasteiger partial charge in [0.05, 0.1) is 0 Å². The third kappa shape index (κ3) is 4.53. The molecule has 3 heterocycles. The Kier molecular flexibility index (Phi) is 6.71. The van der Waals surface area contributed by atoms with Crippen LogP contribution in [0.25, 0.3) is 10.9 Å². The predicted molar refractivity (Wildman–Crippen MR) is 150 cm³/mol. The Morgan fingerprint density at radius 2 is 1.74 bits per heavy atom. The summed E-state index contributed by atoms with van der Waals surface area (Å²) in [7, 11) is 6.32. The maximum atomic E-state index is 14.9. The lowest BCUT2D eigenvalue weighted by molar-refractivity contribution is -0.130. The first-order valence-corrected chi connectivity index (χ1v) is 14.0. The Morgan fingerprint density at radius 3 is 2.46 bits per heavy atom. The average Bonchev–Trinajstić information content (AvgIpc) is 3.64. The lowest BCUT2D eigenvalue weighted by atomic mass is 9.93. The second kappa shape index (κ2) is 10.1. The molecule has 8 heteroatoms. The number of likely N-dealkylation sites (N-methyl/N-ethyl adjacent to an activating group) is 1. The van der Waals surface area contributed by atoms with Crippen LogP contribution < -0.4 is 0 Å². The molecule has 2 saturated heterocycles. The van der Waals surface area contributed by atoms with E-state index in [1.165, 1.54) is 10.9 Å². The van der Waals surface area contributed by atoms with Gasteiger partial charge in [-0.15, -0.1) is 0 Å². The molecular weight excluding hydrogens is 493 g/mol. The van der Waals surface area contributed by atoms with E-state index in [0.717, 1.165) is 42.6 Å². The third-order valence-electron chi connectivity index (χ3n) is 9.26. The quantitative estimate of drug-likeness (QED) is 0.516. The topological polar surface area (TPSA) is 52.0 Å². The highest BCUT2D eigenvalue weighted by atomic mass is 19.1. The minimum absolute atomic E-state index is 0.0167. The van der Waals surface area contributed by atoms with Crippen LogP contribution >= 0.6 is 0 Å². The zero-order chi connectivity index (χ0) is 27.4. The largest absolute Gasteiger partial charge is 0.350 e. The second-order valence-electron chi connectivity index (χ2n) is 11.7. The Labute approximate surface area is 229 Å². The van der Waals surface area contributed by atoms with E-state index in [0.29, 0.717) is 37.8 Å². The van der Waals surface area contributed by atoms with Gasteiger partial charge in [-0.25, -0.2) is 4.39 Å². The highest BCUT2D eigenvalue weighted by Gasteiger charge is 2.42. The van der Waals surface area contributed by atoms with Crippen LogP contribution in [0.5, 0.6) is 0 Å². The molecule has 6 rings (SSSR count). The lowest BCUT2D eigenvalue weighted by Crippen LogP contribution is -2.50. The normalized spacial score (nSPS) is 23.7. The molecule has 1 unspecified atom stereocenters. The van der Waals surface area contributed by atoms with Crippen LogP contribution in [0.1, 0.15) is 52.4 Å². The van der Waals surface area contributed by atoms with Gasteiger partial charge in [-0.2, -0.15) is 0 Å². The standard InChI is InChI=1S/C31H38FN5O2/c1-20(38)35-12-14-36(15-13-35)31(39)22-8-10-23-24(17-34(4)28(23)16-22)25-18-37(19-29(25)33(2)3)27-11-9-21-6-5-7-26(32)30(21)27/h5-8,10,16-17,25,27,29H,9,11-15,18-19H2,1-4H3/t25-,27?,29+/m1/s1. The minimum Gasteiger partial charge on any atom is -0.350 e. The summed E-state index contributed by atoms with van der Waals surface area (Å²) in [5.41, 5.74) is 5.05. The number of benzene rings is 2. The molecule has 3 aliphatic rings. The second-order valence-corrected chi connectivity index (χ2v) is 11.7. The van der Waals surface area contributed by atoms with Gasteiger partial charge >= 0.3 is 0 Å². The summed E-state index contributed by atoms with van der Waals surface area (Å²) in [5, 5.41) is 1.17. The van der Waals surface area contributed by atoms with Gasteiger partial charge in [0.15, 0.2) is 0 Å². The molecule has 0 bridgehead atoms. The molecule has 2 aliphatic heterocycles. The first-order valence-electron chi connectivity index (χ1n) is 14.0. The number of halogens is 1. The molecule has 0 spiro atoms. The third-order valence-corrected chi connectivity index (χ3v) is 9.26. The number of aromatic nitrogens is 1. The summed E-state index contributed by atoms with van der Waals surface area (Å²) in [4.78, 5) is 33.4. The van der Waals surface area contributed by atoms with Crippen LogP contribution in [0, 0.1) is 5.82 Å². The van der Waals surface area contributed by atoms with Crippen LogP contribution in [0.15, 0.2) is 42.6 Å². The molecule has 1 aliphatic carbocycles. The smallest absolute Gasteiger partial charge is 0.254 e. The molecule has 3 aromatic rings. The molecule has 2 aromatic carbocycles. The van der Waals surface area contributed by atoms with Crippen molar-refractivity contribution < 1.29 is 14.0 Å². The fourth-order valence-corrected chi connectivity index (χ4v) is 7.13. The number of rotatable bonds is 4. The number of nitrogens with zero attached hydrogens (tertiary/aromatic N) is 5. The van der Waals surface area contributed by atoms with E-state index in [1.54, 1.807) is 17.9 Å². The minimum atomic E-state index is -0.0788. The van der Waals surface area contributed by atoms with Crippen molar-refractivity contribution in [2.75, 3.05) is 53.4 Å². The van der Waals surface area contributed by atoms with E-state index < -0.39 is 0 Å². The number of carbonyl (C=O) groups excluding carboxylic acids is 2. The van der Waals surface area contributed by atoms with Crippen molar-refractivity contribution in [1.29, 1.82) is 0 Å². The van der Waals surface area contributed by atoms with Crippen LogP contribution in [-0.4, -0.2) is 95.4 Å². The van der Waals surface area contributed by atoms with E-state index in [9.17, 15) is 14.0 Å². The first-order chi connectivity index (χ1) is 18.7. The number of hydrogen-bond acceptors (Lipinski definition) is 4. The Balaban J connectivity index is 1.27. The van der Waals surface area contributed by atoms with Gasteiger partial charge in [0.25, 0.3) is 5.91 Å². The van der Waals surface area contributed by atoms with Gasteiger partial charge in [-0.1, -0.05) is 18.2 Å². The molecule has 0 N–H and O–H groups in total. The number of fused-ring (bicyclic) bond motifs is 2. The van der Waals surface area contributed by atoms with Crippen molar-refractivity contribution in [3.8, 4) is 0 Å². The summed E-state index contributed by atoms with van der Waals surface area (Å²) >= 11 is 0. The molecule has 1 aromatic heterocycles. The van der Waals surface area contributed by atoms with E-state index in [1.807, 2.05) is 30.1 Å². The molecule has 206 valence electrons. The predicted octanol–water partition coefficient (Wildman–Crippen LogP) is 3.64. The number of amides is 2. The van der Waals surface area contributed by atoms with E-state index in [2.05, 4.69) is 46.8 Å². The number of hydrogen-bond donors (Lipinski definition) is 0. The molecule has 0 saturated carbocycles. The highest BCUT2D eigenvalue weighted by molar-refractivity contribution is 5.99. The molecule has 2 amide bonds. The summed E-state index contributed by atoms with van der Waals surface area (Å²) in [6, 6.07) is 12.0. The van der Waals surface area contributed by atoms with E-state index in [-0.39, 0.29) is 29.6 Å². The van der Waals surface area contributed by atoms with Crippen molar-refractivity contribution in [3.63, 3.8) is 0 Å². The average molecular weight is 532 g/mol. The van der Waals surface area contributed by atoms with Crippen LogP contribution in [0.3, 0.4) is 0 Å². The Hall–Kier alpha value is -3.23. The summed E-state index contributed by atoms with van der Waals surface area (Å²) in [5.74, 6) is 0.275.